The van der Waals surface area contributed by atoms with Crippen molar-refractivity contribution in [2.75, 3.05) is 32.8 Å². The lowest BCUT2D eigenvalue weighted by Crippen LogP contribution is -2.55. The molecule has 1 aromatic carbocycles. The number of halogens is 2. The highest BCUT2D eigenvalue weighted by molar-refractivity contribution is 6.42. The summed E-state index contributed by atoms with van der Waals surface area (Å²) in [5.41, 5.74) is 0.771. The largest absolute Gasteiger partial charge is 0.379 e. The maximum absolute atomic E-state index is 12.1. The maximum atomic E-state index is 12.1. The fraction of sp³-hybridized carbons (Fsp3) is 0.562. The van der Waals surface area contributed by atoms with Gasteiger partial charge in [-0.15, -0.1) is 0 Å². The van der Waals surface area contributed by atoms with Gasteiger partial charge in [-0.2, -0.15) is 0 Å². The monoisotopic (exact) mass is 344 g/mol. The molecule has 1 aliphatic rings. The summed E-state index contributed by atoms with van der Waals surface area (Å²) in [5, 5.41) is 3.98. The molecule has 1 heterocycles. The van der Waals surface area contributed by atoms with Gasteiger partial charge in [0.2, 0.25) is 5.91 Å². The standard InChI is InChI=1S/C16H22Cl2N2O2/c1-16(2,20-5-7-22-8-6-20)11-19-15(21)10-12-3-4-13(17)14(18)9-12/h3-4,9H,5-8,10-11H2,1-2H3,(H,19,21). The van der Waals surface area contributed by atoms with Crippen LogP contribution in [0.5, 0.6) is 0 Å². The van der Waals surface area contributed by atoms with Crippen molar-refractivity contribution in [1.29, 1.82) is 0 Å². The van der Waals surface area contributed by atoms with Crippen molar-refractivity contribution in [3.63, 3.8) is 0 Å². The Hall–Kier alpha value is -0.810. The quantitative estimate of drug-likeness (QED) is 0.892. The number of carbonyl (C=O) groups is 1. The van der Waals surface area contributed by atoms with Crippen LogP contribution in [0.4, 0.5) is 0 Å². The lowest BCUT2D eigenvalue weighted by molar-refractivity contribution is -0.121. The Morgan fingerprint density at radius 2 is 1.95 bits per heavy atom. The van der Waals surface area contributed by atoms with Crippen LogP contribution in [0.1, 0.15) is 19.4 Å². The van der Waals surface area contributed by atoms with Crippen molar-refractivity contribution in [1.82, 2.24) is 10.2 Å². The second-order valence-electron chi connectivity index (χ2n) is 6.11. The van der Waals surface area contributed by atoms with Gasteiger partial charge in [-0.25, -0.2) is 0 Å². The molecule has 4 nitrogen and oxygen atoms in total. The van der Waals surface area contributed by atoms with Gasteiger partial charge in [-0.3, -0.25) is 9.69 Å². The number of nitrogens with one attached hydrogen (secondary N) is 1. The first-order chi connectivity index (χ1) is 10.4. The van der Waals surface area contributed by atoms with E-state index in [2.05, 4.69) is 24.1 Å². The van der Waals surface area contributed by atoms with Gasteiger partial charge >= 0.3 is 0 Å². The van der Waals surface area contributed by atoms with E-state index < -0.39 is 0 Å². The molecule has 0 unspecified atom stereocenters. The van der Waals surface area contributed by atoms with Crippen LogP contribution >= 0.6 is 23.2 Å². The number of ether oxygens (including phenoxy) is 1. The molecular formula is C16H22Cl2N2O2. The first-order valence-electron chi connectivity index (χ1n) is 7.42. The number of morpholine rings is 1. The Kier molecular flexibility index (Phi) is 6.09. The number of hydrogen-bond acceptors (Lipinski definition) is 3. The molecule has 22 heavy (non-hydrogen) atoms. The Bertz CT molecular complexity index is 529. The Morgan fingerprint density at radius 3 is 2.59 bits per heavy atom. The molecule has 6 heteroatoms. The van der Waals surface area contributed by atoms with Gasteiger partial charge in [0.1, 0.15) is 0 Å². The van der Waals surface area contributed by atoms with E-state index in [9.17, 15) is 4.79 Å². The van der Waals surface area contributed by atoms with Gasteiger partial charge in [0.25, 0.3) is 0 Å². The number of carbonyl (C=O) groups excluding carboxylic acids is 1. The van der Waals surface area contributed by atoms with Gasteiger partial charge in [0.05, 0.1) is 29.7 Å². The zero-order chi connectivity index (χ0) is 16.2. The van der Waals surface area contributed by atoms with Crippen LogP contribution in [0.3, 0.4) is 0 Å². The average molecular weight is 345 g/mol. The molecule has 1 fully saturated rings. The summed E-state index contributed by atoms with van der Waals surface area (Å²) in [5.74, 6) is -0.0141. The number of amides is 1. The number of benzene rings is 1. The van der Waals surface area contributed by atoms with E-state index in [4.69, 9.17) is 27.9 Å². The zero-order valence-electron chi connectivity index (χ0n) is 13.0. The summed E-state index contributed by atoms with van der Waals surface area (Å²) in [4.78, 5) is 14.5. The van der Waals surface area contributed by atoms with Gasteiger partial charge in [0, 0.05) is 25.2 Å². The molecule has 1 saturated heterocycles. The number of rotatable bonds is 5. The lowest BCUT2D eigenvalue weighted by Gasteiger charge is -2.40. The Morgan fingerprint density at radius 1 is 1.27 bits per heavy atom. The van der Waals surface area contributed by atoms with E-state index in [1.54, 1.807) is 12.1 Å². The molecule has 0 bridgehead atoms. The molecule has 0 aromatic heterocycles. The van der Waals surface area contributed by atoms with Crippen molar-refractivity contribution in [2.24, 2.45) is 0 Å². The normalized spacial score (nSPS) is 16.5. The first kappa shape index (κ1) is 17.5. The van der Waals surface area contributed by atoms with Crippen LogP contribution in [0.15, 0.2) is 18.2 Å². The van der Waals surface area contributed by atoms with Gasteiger partial charge in [-0.1, -0.05) is 29.3 Å². The number of hydrogen-bond donors (Lipinski definition) is 1. The van der Waals surface area contributed by atoms with Crippen molar-refractivity contribution in [3.8, 4) is 0 Å². The highest BCUT2D eigenvalue weighted by atomic mass is 35.5. The molecule has 1 aliphatic heterocycles. The first-order valence-corrected chi connectivity index (χ1v) is 8.17. The smallest absolute Gasteiger partial charge is 0.224 e. The molecule has 0 atom stereocenters. The highest BCUT2D eigenvalue weighted by Gasteiger charge is 2.28. The highest BCUT2D eigenvalue weighted by Crippen LogP contribution is 2.22. The minimum Gasteiger partial charge on any atom is -0.379 e. The van der Waals surface area contributed by atoms with Gasteiger partial charge in [0.15, 0.2) is 0 Å². The Labute approximate surface area is 141 Å². The predicted molar refractivity (Wildman–Crippen MR) is 89.6 cm³/mol. The zero-order valence-corrected chi connectivity index (χ0v) is 14.5. The van der Waals surface area contributed by atoms with Crippen molar-refractivity contribution in [3.05, 3.63) is 33.8 Å². The Balaban J connectivity index is 1.84. The van der Waals surface area contributed by atoms with Crippen LogP contribution in [-0.2, 0) is 16.0 Å². The van der Waals surface area contributed by atoms with E-state index in [0.717, 1.165) is 31.9 Å². The topological polar surface area (TPSA) is 41.6 Å². The molecule has 1 amide bonds. The second kappa shape index (κ2) is 7.64. The summed E-state index contributed by atoms with van der Waals surface area (Å²) >= 11 is 11.8. The van der Waals surface area contributed by atoms with E-state index >= 15 is 0 Å². The van der Waals surface area contributed by atoms with Crippen LogP contribution in [0, 0.1) is 0 Å². The summed E-state index contributed by atoms with van der Waals surface area (Å²) in [6.45, 7) is 8.18. The fourth-order valence-corrected chi connectivity index (χ4v) is 2.81. The molecule has 2 rings (SSSR count). The molecule has 0 radical (unpaired) electrons. The summed E-state index contributed by atoms with van der Waals surface area (Å²) in [6.07, 6.45) is 0.302. The van der Waals surface area contributed by atoms with E-state index in [-0.39, 0.29) is 11.4 Å². The van der Waals surface area contributed by atoms with Crippen LogP contribution in [-0.4, -0.2) is 49.2 Å². The van der Waals surface area contributed by atoms with E-state index in [0.29, 0.717) is 23.0 Å². The van der Waals surface area contributed by atoms with E-state index in [1.807, 2.05) is 6.07 Å². The van der Waals surface area contributed by atoms with Gasteiger partial charge < -0.3 is 10.1 Å². The lowest BCUT2D eigenvalue weighted by atomic mass is 10.0. The third-order valence-electron chi connectivity index (χ3n) is 3.93. The van der Waals surface area contributed by atoms with E-state index in [1.165, 1.54) is 0 Å². The molecule has 0 spiro atoms. The molecule has 1 N–H and O–H groups in total. The predicted octanol–water partition coefficient (Wildman–Crippen LogP) is 2.76. The summed E-state index contributed by atoms with van der Waals surface area (Å²) in [7, 11) is 0. The number of nitrogens with zero attached hydrogens (tertiary/aromatic N) is 1. The van der Waals surface area contributed by atoms with Gasteiger partial charge in [-0.05, 0) is 31.5 Å². The van der Waals surface area contributed by atoms with Crippen LogP contribution in [0.25, 0.3) is 0 Å². The third kappa shape index (κ3) is 4.85. The third-order valence-corrected chi connectivity index (χ3v) is 4.67. The minimum absolute atomic E-state index is 0.0141. The summed E-state index contributed by atoms with van der Waals surface area (Å²) in [6, 6.07) is 5.27. The van der Waals surface area contributed by atoms with Crippen LogP contribution in [0.2, 0.25) is 10.0 Å². The molecule has 1 aromatic rings. The van der Waals surface area contributed by atoms with Crippen LogP contribution < -0.4 is 5.32 Å². The van der Waals surface area contributed by atoms with Crippen molar-refractivity contribution >= 4 is 29.1 Å². The fourth-order valence-electron chi connectivity index (χ4n) is 2.49. The second-order valence-corrected chi connectivity index (χ2v) is 6.93. The molecule has 0 aliphatic carbocycles. The minimum atomic E-state index is -0.0862. The molecular weight excluding hydrogens is 323 g/mol. The summed E-state index contributed by atoms with van der Waals surface area (Å²) < 4.78 is 5.37. The SMILES string of the molecule is CC(C)(CNC(=O)Cc1ccc(Cl)c(Cl)c1)N1CCOCC1. The molecule has 0 saturated carbocycles. The molecule has 122 valence electrons. The average Bonchev–Trinajstić information content (AvgIpc) is 2.50. The van der Waals surface area contributed by atoms with Crippen molar-refractivity contribution in [2.45, 2.75) is 25.8 Å². The van der Waals surface area contributed by atoms with Crippen molar-refractivity contribution < 1.29 is 9.53 Å². The maximum Gasteiger partial charge on any atom is 0.224 e.